The zero-order chi connectivity index (χ0) is 9.40. The molecule has 0 unspecified atom stereocenters. The van der Waals surface area contributed by atoms with E-state index in [1.807, 2.05) is 0 Å². The van der Waals surface area contributed by atoms with Crippen LogP contribution in [0.3, 0.4) is 0 Å². The van der Waals surface area contributed by atoms with Gasteiger partial charge in [0.15, 0.2) is 0 Å². The Morgan fingerprint density at radius 2 is 1.79 bits per heavy atom. The fraction of sp³-hybridized carbons (Fsp3) is 1.00. The lowest BCUT2D eigenvalue weighted by atomic mass is 9.64. The molecule has 0 radical (unpaired) electrons. The van der Waals surface area contributed by atoms with Crippen molar-refractivity contribution in [3.8, 4) is 0 Å². The van der Waals surface area contributed by atoms with E-state index in [1.165, 1.54) is 17.8 Å². The van der Waals surface area contributed by atoms with Gasteiger partial charge < -0.3 is 0 Å². The first-order valence-corrected chi connectivity index (χ1v) is 8.44. The molecular weight excluding hydrogens is 398 g/mol. The van der Waals surface area contributed by atoms with Crippen LogP contribution in [0, 0.1) is 46.8 Å². The normalized spacial score (nSPS) is 85.5. The maximum Gasteiger partial charge on any atom is 0.0203 e. The summed E-state index contributed by atoms with van der Waals surface area (Å²) in [6.07, 6.45) is 1.63. The first-order valence-electron chi connectivity index (χ1n) is 5.95. The molecule has 6 fully saturated rings. The predicted octanol–water partition coefficient (Wildman–Crippen LogP) is 3.37. The number of hydrogen-bond acceptors (Lipinski definition) is 0. The number of halogens is 2. The van der Waals surface area contributed by atoms with Crippen LogP contribution in [0.15, 0.2) is 0 Å². The van der Waals surface area contributed by atoms with Crippen LogP contribution in [0.1, 0.15) is 13.3 Å². The molecule has 0 saturated heterocycles. The summed E-state index contributed by atoms with van der Waals surface area (Å²) >= 11 is 5.64. The third-order valence-electron chi connectivity index (χ3n) is 6.84. The van der Waals surface area contributed by atoms with Crippen LogP contribution in [-0.2, 0) is 0 Å². The molecule has 0 aromatic carbocycles. The van der Waals surface area contributed by atoms with Gasteiger partial charge in [0.05, 0.1) is 0 Å². The molecule has 0 amide bonds. The summed E-state index contributed by atoms with van der Waals surface area (Å²) in [5.41, 5.74) is 0.782. The van der Waals surface area contributed by atoms with Crippen molar-refractivity contribution in [1.82, 2.24) is 0 Å². The minimum absolute atomic E-state index is 0.782. The Bertz CT molecular complexity index is 348. The fourth-order valence-corrected chi connectivity index (χ4v) is 11.1. The molecule has 0 spiro atoms. The quantitative estimate of drug-likeness (QED) is 0.423. The second-order valence-corrected chi connectivity index (χ2v) is 9.34. The molecule has 6 rings (SSSR count). The lowest BCUT2D eigenvalue weighted by Crippen LogP contribution is -2.37. The van der Waals surface area contributed by atoms with E-state index in [-0.39, 0.29) is 0 Å². The van der Waals surface area contributed by atoms with E-state index in [0.29, 0.717) is 0 Å². The van der Waals surface area contributed by atoms with E-state index in [9.17, 15) is 0 Å². The lowest BCUT2D eigenvalue weighted by molar-refractivity contribution is 0.0703. The van der Waals surface area contributed by atoms with Gasteiger partial charge in [0.25, 0.3) is 0 Å². The summed E-state index contributed by atoms with van der Waals surface area (Å²) in [6.45, 7) is 2.65. The Labute approximate surface area is 112 Å². The van der Waals surface area contributed by atoms with Gasteiger partial charge in [0, 0.05) is 7.85 Å². The first kappa shape index (κ1) is 8.54. The van der Waals surface area contributed by atoms with Crippen molar-refractivity contribution in [3.63, 3.8) is 0 Å². The van der Waals surface area contributed by atoms with Crippen molar-refractivity contribution >= 4 is 45.2 Å². The van der Waals surface area contributed by atoms with Crippen molar-refractivity contribution in [2.75, 3.05) is 0 Å². The van der Waals surface area contributed by atoms with Crippen LogP contribution < -0.4 is 0 Å². The number of hydrogen-bond donors (Lipinski definition) is 0. The predicted molar refractivity (Wildman–Crippen MR) is 72.8 cm³/mol. The van der Waals surface area contributed by atoms with Gasteiger partial charge in [-0.3, -0.25) is 0 Å². The van der Waals surface area contributed by atoms with E-state index in [0.717, 1.165) is 36.9 Å². The van der Waals surface area contributed by atoms with Crippen molar-refractivity contribution in [2.45, 2.75) is 21.2 Å². The molecule has 0 aromatic heterocycles. The number of alkyl halides is 2. The monoisotopic (exact) mass is 412 g/mol. The standard InChI is InChI=1S/C12H14I2/c1-12-8-4-2-3-5(6(4)11(12)14)9(12)10(13)7(3)8/h3-11H,2H2,1H3/t3-,4+,5-,6-,7+,8+,9-,10-,11+,12-/m0/s1. The SMILES string of the molecule is C[C@]12[C@@H]3[C@@H](I)[C@@H]4[C@H]5C[C@H]([C@@H]([C@H]53)[C@H]1I)[C@H]42. The molecule has 0 aliphatic heterocycles. The Kier molecular flexibility index (Phi) is 1.27. The Balaban J connectivity index is 1.88. The maximum absolute atomic E-state index is 2.82. The second-order valence-electron chi connectivity index (χ2n) is 6.56. The smallest absolute Gasteiger partial charge is 0.0203 e. The summed E-state index contributed by atoms with van der Waals surface area (Å²) < 4.78 is 2.10. The summed E-state index contributed by atoms with van der Waals surface area (Å²) in [7, 11) is 0. The van der Waals surface area contributed by atoms with Crippen molar-refractivity contribution < 1.29 is 0 Å². The topological polar surface area (TPSA) is 0 Å². The molecule has 6 aliphatic rings. The minimum atomic E-state index is 0.782. The molecule has 10 atom stereocenters. The molecule has 0 aromatic rings. The lowest BCUT2D eigenvalue weighted by Gasteiger charge is -2.40. The zero-order valence-electron chi connectivity index (χ0n) is 8.16. The van der Waals surface area contributed by atoms with Gasteiger partial charge in [-0.15, -0.1) is 0 Å². The van der Waals surface area contributed by atoms with Crippen LogP contribution in [0.25, 0.3) is 0 Å². The molecule has 6 bridgehead atoms. The highest BCUT2D eigenvalue weighted by Gasteiger charge is 2.86. The second kappa shape index (κ2) is 2.08. The van der Waals surface area contributed by atoms with Gasteiger partial charge in [0.2, 0.25) is 0 Å². The van der Waals surface area contributed by atoms with Gasteiger partial charge >= 0.3 is 0 Å². The van der Waals surface area contributed by atoms with Gasteiger partial charge in [0.1, 0.15) is 0 Å². The summed E-state index contributed by atoms with van der Waals surface area (Å²) in [5.74, 6) is 8.18. The van der Waals surface area contributed by atoms with Crippen molar-refractivity contribution in [1.29, 1.82) is 0 Å². The third kappa shape index (κ3) is 0.519. The Morgan fingerprint density at radius 3 is 2.50 bits per heavy atom. The average Bonchev–Trinajstić information content (AvgIpc) is 2.81. The van der Waals surface area contributed by atoms with E-state index < -0.39 is 0 Å². The fourth-order valence-electron chi connectivity index (χ4n) is 6.99. The molecule has 0 N–H and O–H groups in total. The summed E-state index contributed by atoms with van der Waals surface area (Å²) in [4.78, 5) is 0. The summed E-state index contributed by atoms with van der Waals surface area (Å²) in [6, 6.07) is 0. The molecule has 0 heterocycles. The van der Waals surface area contributed by atoms with Crippen LogP contribution in [0.2, 0.25) is 0 Å². The molecule has 14 heavy (non-hydrogen) atoms. The molecule has 76 valence electrons. The molecular formula is C12H14I2. The van der Waals surface area contributed by atoms with Crippen molar-refractivity contribution in [2.24, 2.45) is 46.8 Å². The van der Waals surface area contributed by atoms with Crippen LogP contribution in [0.4, 0.5) is 0 Å². The highest BCUT2D eigenvalue weighted by Crippen LogP contribution is 2.89. The van der Waals surface area contributed by atoms with Crippen LogP contribution >= 0.6 is 45.2 Å². The molecule has 2 heteroatoms. The average molecular weight is 412 g/mol. The number of rotatable bonds is 0. The van der Waals surface area contributed by atoms with E-state index in [2.05, 4.69) is 52.1 Å². The largest absolute Gasteiger partial charge is 0.0820 e. The maximum atomic E-state index is 2.82. The molecule has 0 nitrogen and oxygen atoms in total. The van der Waals surface area contributed by atoms with E-state index in [1.54, 1.807) is 6.42 Å². The Morgan fingerprint density at radius 1 is 1.00 bits per heavy atom. The van der Waals surface area contributed by atoms with Gasteiger partial charge in [-0.25, -0.2) is 0 Å². The third-order valence-corrected chi connectivity index (χ3v) is 10.6. The highest BCUT2D eigenvalue weighted by atomic mass is 127. The van der Waals surface area contributed by atoms with E-state index >= 15 is 0 Å². The van der Waals surface area contributed by atoms with Crippen LogP contribution in [0.5, 0.6) is 0 Å². The van der Waals surface area contributed by atoms with Crippen LogP contribution in [-0.4, -0.2) is 7.85 Å². The molecule has 6 aliphatic carbocycles. The Hall–Kier alpha value is 1.46. The van der Waals surface area contributed by atoms with Gasteiger partial charge in [-0.2, -0.15) is 0 Å². The van der Waals surface area contributed by atoms with E-state index in [4.69, 9.17) is 0 Å². The first-order chi connectivity index (χ1) is 6.67. The van der Waals surface area contributed by atoms with Gasteiger partial charge in [-0.05, 0) is 53.3 Å². The zero-order valence-corrected chi connectivity index (χ0v) is 12.5. The minimum Gasteiger partial charge on any atom is -0.0820 e. The van der Waals surface area contributed by atoms with Crippen molar-refractivity contribution in [3.05, 3.63) is 0 Å². The summed E-state index contributed by atoms with van der Waals surface area (Å²) in [5, 5.41) is 0. The van der Waals surface area contributed by atoms with Gasteiger partial charge in [-0.1, -0.05) is 52.1 Å². The highest BCUT2D eigenvalue weighted by molar-refractivity contribution is 14.1. The molecule has 6 saturated carbocycles.